The third-order valence-corrected chi connectivity index (χ3v) is 6.42. The van der Waals surface area contributed by atoms with E-state index in [1.165, 1.54) is 0 Å². The van der Waals surface area contributed by atoms with E-state index in [9.17, 15) is 9.59 Å². The number of hydrogen-bond acceptors (Lipinski definition) is 3. The fourth-order valence-corrected chi connectivity index (χ4v) is 4.70. The molecule has 0 fully saturated rings. The van der Waals surface area contributed by atoms with Gasteiger partial charge in [-0.25, -0.2) is 9.59 Å². The Morgan fingerprint density at radius 3 is 2.49 bits per heavy atom. The molecule has 3 aromatic carbocycles. The summed E-state index contributed by atoms with van der Waals surface area (Å²) in [5, 5.41) is 3.58. The number of nitrogens with zero attached hydrogens (tertiary/aromatic N) is 2. The second-order valence-corrected chi connectivity index (χ2v) is 8.62. The molecule has 6 nitrogen and oxygen atoms in total. The van der Waals surface area contributed by atoms with Crippen LogP contribution in [-0.4, -0.2) is 28.1 Å². The van der Waals surface area contributed by atoms with Gasteiger partial charge in [0.25, 0.3) is 0 Å². The molecule has 1 atom stereocenters. The van der Waals surface area contributed by atoms with E-state index in [0.29, 0.717) is 29.4 Å². The molecular weight excluding hydrogens is 462 g/mol. The monoisotopic (exact) mass is 485 g/mol. The highest BCUT2D eigenvalue weighted by Gasteiger charge is 2.34. The topological polar surface area (TPSA) is 63.6 Å². The molecule has 2 amide bonds. The number of hydrogen-bond donors (Lipinski definition) is 1. The number of esters is 1. The SMILES string of the molecule is CCOC(=O)c1ccc(NC(=O)N2Cc3ccccc3-n3cccc3[C@H]2c2ccccc2Cl)cc1. The number of amides is 2. The predicted molar refractivity (Wildman–Crippen MR) is 136 cm³/mol. The Morgan fingerprint density at radius 1 is 0.971 bits per heavy atom. The van der Waals surface area contributed by atoms with E-state index in [2.05, 4.69) is 16.0 Å². The molecule has 7 heteroatoms. The van der Waals surface area contributed by atoms with Gasteiger partial charge in [-0.1, -0.05) is 48.0 Å². The minimum absolute atomic E-state index is 0.275. The van der Waals surface area contributed by atoms with Crippen LogP contribution in [0.4, 0.5) is 10.5 Å². The van der Waals surface area contributed by atoms with Gasteiger partial charge in [-0.3, -0.25) is 0 Å². The Kier molecular flexibility index (Phi) is 6.29. The number of nitrogens with one attached hydrogen (secondary N) is 1. The van der Waals surface area contributed by atoms with Crippen LogP contribution in [0.5, 0.6) is 0 Å². The summed E-state index contributed by atoms with van der Waals surface area (Å²) in [6.07, 6.45) is 2.01. The Bertz CT molecular complexity index is 1380. The van der Waals surface area contributed by atoms with E-state index in [4.69, 9.17) is 16.3 Å². The lowest BCUT2D eigenvalue weighted by Crippen LogP contribution is -2.38. The van der Waals surface area contributed by atoms with Crippen LogP contribution >= 0.6 is 11.6 Å². The maximum atomic E-state index is 13.7. The van der Waals surface area contributed by atoms with Gasteiger partial charge in [-0.2, -0.15) is 0 Å². The van der Waals surface area contributed by atoms with Crippen LogP contribution in [0.2, 0.25) is 5.02 Å². The number of urea groups is 1. The first-order chi connectivity index (χ1) is 17.1. The first-order valence-electron chi connectivity index (χ1n) is 11.4. The Balaban J connectivity index is 1.53. The molecule has 0 aliphatic carbocycles. The third-order valence-electron chi connectivity index (χ3n) is 6.07. The molecule has 0 radical (unpaired) electrons. The fraction of sp³-hybridized carbons (Fsp3) is 0.143. The lowest BCUT2D eigenvalue weighted by atomic mass is 10.0. The molecule has 5 rings (SSSR count). The van der Waals surface area contributed by atoms with Gasteiger partial charge in [0.05, 0.1) is 30.1 Å². The van der Waals surface area contributed by atoms with Crippen molar-refractivity contribution in [3.63, 3.8) is 0 Å². The van der Waals surface area contributed by atoms with Crippen molar-refractivity contribution in [1.29, 1.82) is 0 Å². The first kappa shape index (κ1) is 22.7. The van der Waals surface area contributed by atoms with Crippen LogP contribution in [-0.2, 0) is 11.3 Å². The summed E-state index contributed by atoms with van der Waals surface area (Å²) in [5.74, 6) is -0.394. The number of fused-ring (bicyclic) bond motifs is 3. The van der Waals surface area contributed by atoms with E-state index >= 15 is 0 Å². The highest BCUT2D eigenvalue weighted by molar-refractivity contribution is 6.31. The maximum absolute atomic E-state index is 13.7. The van der Waals surface area contributed by atoms with Crippen LogP contribution in [0.15, 0.2) is 91.1 Å². The minimum Gasteiger partial charge on any atom is -0.462 e. The Hall–Kier alpha value is -4.03. The zero-order valence-corrected chi connectivity index (χ0v) is 19.9. The minimum atomic E-state index is -0.412. The van der Waals surface area contributed by atoms with Gasteiger partial charge in [0.15, 0.2) is 0 Å². The lowest BCUT2D eigenvalue weighted by Gasteiger charge is -2.31. The third kappa shape index (κ3) is 4.40. The van der Waals surface area contributed by atoms with Crippen LogP contribution < -0.4 is 5.32 Å². The van der Waals surface area contributed by atoms with Gasteiger partial charge in [0.1, 0.15) is 6.04 Å². The van der Waals surface area contributed by atoms with E-state index in [-0.39, 0.29) is 6.03 Å². The normalized spacial score (nSPS) is 14.5. The second-order valence-electron chi connectivity index (χ2n) is 8.21. The molecule has 0 unspecified atom stereocenters. The number of ether oxygens (including phenoxy) is 1. The highest BCUT2D eigenvalue weighted by Crippen LogP contribution is 2.39. The summed E-state index contributed by atoms with van der Waals surface area (Å²) < 4.78 is 7.16. The predicted octanol–water partition coefficient (Wildman–Crippen LogP) is 6.44. The van der Waals surface area contributed by atoms with Crippen molar-refractivity contribution in [2.45, 2.75) is 19.5 Å². The summed E-state index contributed by atoms with van der Waals surface area (Å²) in [4.78, 5) is 27.5. The molecule has 1 aliphatic heterocycles. The molecular formula is C28H24ClN3O3. The summed E-state index contributed by atoms with van der Waals surface area (Å²) in [6, 6.07) is 25.6. The number of rotatable bonds is 4. The van der Waals surface area contributed by atoms with Crippen molar-refractivity contribution in [2.75, 3.05) is 11.9 Å². The second kappa shape index (κ2) is 9.68. The van der Waals surface area contributed by atoms with Gasteiger partial charge >= 0.3 is 12.0 Å². The summed E-state index contributed by atoms with van der Waals surface area (Å²) in [7, 11) is 0. The van der Waals surface area contributed by atoms with Gasteiger partial charge < -0.3 is 19.5 Å². The van der Waals surface area contributed by atoms with Gasteiger partial charge in [0.2, 0.25) is 0 Å². The van der Waals surface area contributed by atoms with Crippen LogP contribution in [0.3, 0.4) is 0 Å². The Labute approximate surface area is 208 Å². The van der Waals surface area contributed by atoms with Gasteiger partial charge in [-0.05, 0) is 66.6 Å². The van der Waals surface area contributed by atoms with Gasteiger partial charge in [-0.15, -0.1) is 0 Å². The molecule has 1 aromatic heterocycles. The molecule has 176 valence electrons. The molecule has 0 bridgehead atoms. The first-order valence-corrected chi connectivity index (χ1v) is 11.8. The number of carbonyl (C=O) groups is 2. The van der Waals surface area contributed by atoms with Crippen LogP contribution in [0, 0.1) is 0 Å². The molecule has 35 heavy (non-hydrogen) atoms. The quantitative estimate of drug-likeness (QED) is 0.338. The van der Waals surface area contributed by atoms with Crippen molar-refractivity contribution in [3.8, 4) is 5.69 Å². The van der Waals surface area contributed by atoms with Crippen LogP contribution in [0.1, 0.15) is 40.1 Å². The standard InChI is InChI=1S/C28H24ClN3O3/c1-2-35-27(33)19-13-15-21(16-14-19)30-28(34)32-18-20-8-3-6-11-24(20)31-17-7-12-25(31)26(32)22-9-4-5-10-23(22)29/h3-17,26H,2,18H2,1H3,(H,30,34)/t26-/m1/s1. The van der Waals surface area contributed by atoms with Gasteiger partial charge in [0, 0.05) is 16.9 Å². The zero-order chi connectivity index (χ0) is 24.4. The van der Waals surface area contributed by atoms with Crippen molar-refractivity contribution in [3.05, 3.63) is 119 Å². The largest absolute Gasteiger partial charge is 0.462 e. The van der Waals surface area contributed by atoms with E-state index in [0.717, 1.165) is 22.5 Å². The van der Waals surface area contributed by atoms with E-state index < -0.39 is 12.0 Å². The molecule has 1 aliphatic rings. The van der Waals surface area contributed by atoms with Crippen molar-refractivity contribution in [2.24, 2.45) is 0 Å². The average Bonchev–Trinajstić information content (AvgIpc) is 3.30. The summed E-state index contributed by atoms with van der Waals surface area (Å²) in [5.41, 5.74) is 4.84. The Morgan fingerprint density at radius 2 is 1.71 bits per heavy atom. The number of benzene rings is 3. The molecule has 0 saturated heterocycles. The van der Waals surface area contributed by atoms with Crippen molar-refractivity contribution >= 4 is 29.3 Å². The molecule has 0 spiro atoms. The highest BCUT2D eigenvalue weighted by atomic mass is 35.5. The number of carbonyl (C=O) groups excluding carboxylic acids is 2. The van der Waals surface area contributed by atoms with Crippen molar-refractivity contribution in [1.82, 2.24) is 9.47 Å². The maximum Gasteiger partial charge on any atom is 0.338 e. The number of anilines is 1. The fourth-order valence-electron chi connectivity index (χ4n) is 4.46. The molecule has 2 heterocycles. The smallest absolute Gasteiger partial charge is 0.338 e. The van der Waals surface area contributed by atoms with Crippen LogP contribution in [0.25, 0.3) is 5.69 Å². The molecule has 0 saturated carbocycles. The molecule has 1 N–H and O–H groups in total. The number of aromatic nitrogens is 1. The lowest BCUT2D eigenvalue weighted by molar-refractivity contribution is 0.0526. The summed E-state index contributed by atoms with van der Waals surface area (Å²) >= 11 is 6.65. The van der Waals surface area contributed by atoms with E-state index in [1.54, 1.807) is 36.1 Å². The number of halogens is 1. The zero-order valence-electron chi connectivity index (χ0n) is 19.1. The van der Waals surface area contributed by atoms with Crippen molar-refractivity contribution < 1.29 is 14.3 Å². The van der Waals surface area contributed by atoms with E-state index in [1.807, 2.05) is 60.8 Å². The molecule has 4 aromatic rings. The average molecular weight is 486 g/mol. The number of para-hydroxylation sites is 1. The summed E-state index contributed by atoms with van der Waals surface area (Å²) in [6.45, 7) is 2.46.